The zero-order valence-electron chi connectivity index (χ0n) is 6.00. The summed E-state index contributed by atoms with van der Waals surface area (Å²) in [7, 11) is 3.79. The molecule has 0 aliphatic carbocycles. The zero-order valence-corrected chi connectivity index (χ0v) is 6.76. The van der Waals surface area contributed by atoms with Crippen LogP contribution in [0, 0.1) is 11.3 Å². The summed E-state index contributed by atoms with van der Waals surface area (Å²) in [6.07, 6.45) is 5.06. The molecule has 2 nitrogen and oxygen atoms in total. The van der Waals surface area contributed by atoms with Gasteiger partial charge < -0.3 is 4.90 Å². The average molecular weight is 157 g/mol. The molecule has 0 fully saturated rings. The summed E-state index contributed by atoms with van der Waals surface area (Å²) in [5, 5.41) is 8.39. The van der Waals surface area contributed by atoms with Crippen molar-refractivity contribution in [3.63, 3.8) is 0 Å². The largest absolute Gasteiger partial charge is 0.383 e. The molecule has 0 spiro atoms. The third-order valence-corrected chi connectivity index (χ3v) is 0.944. The van der Waals surface area contributed by atoms with Crippen molar-refractivity contribution in [2.75, 3.05) is 14.1 Å². The van der Waals surface area contributed by atoms with E-state index in [1.807, 2.05) is 19.0 Å². The number of hydrogen-bond acceptors (Lipinski definition) is 2. The number of allylic oxidation sites excluding steroid dienone is 3. The second-order valence-electron chi connectivity index (χ2n) is 1.93. The van der Waals surface area contributed by atoms with Crippen LogP contribution < -0.4 is 0 Å². The lowest BCUT2D eigenvalue weighted by atomic mass is 10.5. The molecule has 3 heteroatoms. The van der Waals surface area contributed by atoms with Gasteiger partial charge in [-0.05, 0) is 18.4 Å². The van der Waals surface area contributed by atoms with E-state index in [1.54, 1.807) is 24.4 Å². The van der Waals surface area contributed by atoms with Gasteiger partial charge in [-0.1, -0.05) is 11.6 Å². The number of nitriles is 1. The first-order valence-corrected chi connectivity index (χ1v) is 3.15. The smallest absolute Gasteiger partial charge is 0.118 e. The van der Waals surface area contributed by atoms with Crippen molar-refractivity contribution in [2.24, 2.45) is 0 Å². The van der Waals surface area contributed by atoms with Crippen LogP contribution in [0.1, 0.15) is 0 Å². The fourth-order valence-corrected chi connectivity index (χ4v) is 0.410. The van der Waals surface area contributed by atoms with Gasteiger partial charge in [0.1, 0.15) is 11.1 Å². The van der Waals surface area contributed by atoms with Crippen molar-refractivity contribution >= 4 is 11.6 Å². The standard InChI is InChI=1S/C7H9ClN2/c1-10(2)5-3-4-7(8)6-9/h3-5H,1-2H3. The molecule has 54 valence electrons. The molecule has 0 aliphatic rings. The van der Waals surface area contributed by atoms with Crippen molar-refractivity contribution in [2.45, 2.75) is 0 Å². The normalized spacial score (nSPS) is 11.6. The third-order valence-electron chi connectivity index (χ3n) is 0.734. The van der Waals surface area contributed by atoms with Gasteiger partial charge in [0.2, 0.25) is 0 Å². The van der Waals surface area contributed by atoms with Gasteiger partial charge in [-0.3, -0.25) is 0 Å². The lowest BCUT2D eigenvalue weighted by Gasteiger charge is -2.00. The maximum Gasteiger partial charge on any atom is 0.118 e. The third kappa shape index (κ3) is 5.20. The van der Waals surface area contributed by atoms with Gasteiger partial charge in [0.15, 0.2) is 0 Å². The van der Waals surface area contributed by atoms with Gasteiger partial charge in [-0.25, -0.2) is 0 Å². The first-order chi connectivity index (χ1) is 4.66. The molecule has 0 N–H and O–H groups in total. The van der Waals surface area contributed by atoms with E-state index >= 15 is 0 Å². The predicted molar refractivity (Wildman–Crippen MR) is 42.4 cm³/mol. The molecule has 0 unspecified atom stereocenters. The van der Waals surface area contributed by atoms with Crippen molar-refractivity contribution in [1.29, 1.82) is 5.26 Å². The predicted octanol–water partition coefficient (Wildman–Crippen LogP) is 1.71. The summed E-state index contributed by atoms with van der Waals surface area (Å²) in [6, 6.07) is 1.80. The van der Waals surface area contributed by atoms with Gasteiger partial charge >= 0.3 is 0 Å². The molecule has 0 saturated heterocycles. The monoisotopic (exact) mass is 156 g/mol. The highest BCUT2D eigenvalue weighted by Gasteiger charge is 1.80. The summed E-state index contributed by atoms with van der Waals surface area (Å²) in [6.45, 7) is 0. The van der Waals surface area contributed by atoms with Gasteiger partial charge in [0, 0.05) is 14.1 Å². The van der Waals surface area contributed by atoms with E-state index in [0.29, 0.717) is 0 Å². The van der Waals surface area contributed by atoms with Crippen molar-refractivity contribution in [3.05, 3.63) is 23.4 Å². The van der Waals surface area contributed by atoms with E-state index in [4.69, 9.17) is 16.9 Å². The van der Waals surface area contributed by atoms with E-state index < -0.39 is 0 Å². The maximum atomic E-state index is 8.20. The molecule has 0 amide bonds. The maximum absolute atomic E-state index is 8.20. The molecule has 10 heavy (non-hydrogen) atoms. The molecule has 0 aromatic rings. The number of nitrogens with zero attached hydrogens (tertiary/aromatic N) is 2. The first kappa shape index (κ1) is 9.06. The van der Waals surface area contributed by atoms with E-state index in [2.05, 4.69) is 0 Å². The van der Waals surface area contributed by atoms with Gasteiger partial charge in [-0.15, -0.1) is 0 Å². The fraction of sp³-hybridized carbons (Fsp3) is 0.286. The highest BCUT2D eigenvalue weighted by molar-refractivity contribution is 6.31. The molecule has 0 heterocycles. The van der Waals surface area contributed by atoms with Crippen molar-refractivity contribution in [1.82, 2.24) is 4.90 Å². The average Bonchev–Trinajstić information content (AvgIpc) is 1.87. The lowest BCUT2D eigenvalue weighted by molar-refractivity contribution is 0.564. The van der Waals surface area contributed by atoms with E-state index in [0.717, 1.165) is 0 Å². The van der Waals surface area contributed by atoms with E-state index in [9.17, 15) is 0 Å². The molecule has 0 aliphatic heterocycles. The fourth-order valence-electron chi connectivity index (χ4n) is 0.337. The summed E-state index contributed by atoms with van der Waals surface area (Å²) < 4.78 is 0. The van der Waals surface area contributed by atoms with Crippen LogP contribution in [0.2, 0.25) is 0 Å². The summed E-state index contributed by atoms with van der Waals surface area (Å²) >= 11 is 5.38. The Morgan fingerprint density at radius 3 is 2.60 bits per heavy atom. The topological polar surface area (TPSA) is 27.0 Å². The van der Waals surface area contributed by atoms with Gasteiger partial charge in [0.25, 0.3) is 0 Å². The van der Waals surface area contributed by atoms with E-state index in [-0.39, 0.29) is 5.03 Å². The van der Waals surface area contributed by atoms with Crippen LogP contribution in [-0.4, -0.2) is 19.0 Å². The molecule has 0 atom stereocenters. The van der Waals surface area contributed by atoms with Crippen LogP contribution >= 0.6 is 11.6 Å². The zero-order chi connectivity index (χ0) is 7.98. The van der Waals surface area contributed by atoms with Gasteiger partial charge in [-0.2, -0.15) is 5.26 Å². The lowest BCUT2D eigenvalue weighted by Crippen LogP contribution is -1.99. The summed E-state index contributed by atoms with van der Waals surface area (Å²) in [5.74, 6) is 0. The Kier molecular flexibility index (Phi) is 4.43. The SMILES string of the molecule is CN(C)C=CC=C(Cl)C#N. The number of rotatable bonds is 2. The highest BCUT2D eigenvalue weighted by atomic mass is 35.5. The molecule has 0 aromatic heterocycles. The minimum atomic E-state index is 0.193. The molecular formula is C7H9ClN2. The van der Waals surface area contributed by atoms with Crippen molar-refractivity contribution < 1.29 is 0 Å². The Morgan fingerprint density at radius 2 is 2.20 bits per heavy atom. The van der Waals surface area contributed by atoms with Gasteiger partial charge in [0.05, 0.1) is 0 Å². The molecule has 0 rings (SSSR count). The quantitative estimate of drug-likeness (QED) is 0.450. The molecule has 0 bridgehead atoms. The highest BCUT2D eigenvalue weighted by Crippen LogP contribution is 1.97. The first-order valence-electron chi connectivity index (χ1n) is 2.77. The van der Waals surface area contributed by atoms with Crippen LogP contribution in [0.5, 0.6) is 0 Å². The van der Waals surface area contributed by atoms with Crippen LogP contribution in [0.4, 0.5) is 0 Å². The van der Waals surface area contributed by atoms with Crippen LogP contribution in [-0.2, 0) is 0 Å². The molecule has 0 saturated carbocycles. The summed E-state index contributed by atoms with van der Waals surface area (Å²) in [5.41, 5.74) is 0. The minimum absolute atomic E-state index is 0.193. The Labute approximate surface area is 66.0 Å². The Morgan fingerprint density at radius 1 is 1.60 bits per heavy atom. The Hall–Kier alpha value is -0.940. The van der Waals surface area contributed by atoms with Crippen LogP contribution in [0.15, 0.2) is 23.4 Å². The second-order valence-corrected chi connectivity index (χ2v) is 2.34. The van der Waals surface area contributed by atoms with E-state index in [1.165, 1.54) is 0 Å². The number of hydrogen-bond donors (Lipinski definition) is 0. The number of halogens is 1. The van der Waals surface area contributed by atoms with Crippen molar-refractivity contribution in [3.8, 4) is 6.07 Å². The van der Waals surface area contributed by atoms with Crippen LogP contribution in [0.3, 0.4) is 0 Å². The molecule has 0 aromatic carbocycles. The Bertz CT molecular complexity index is 186. The molecule has 0 radical (unpaired) electrons. The van der Waals surface area contributed by atoms with Crippen LogP contribution in [0.25, 0.3) is 0 Å². The minimum Gasteiger partial charge on any atom is -0.383 e. The second kappa shape index (κ2) is 4.89. The molecular weight excluding hydrogens is 148 g/mol. The Balaban J connectivity index is 3.85. The summed E-state index contributed by atoms with van der Waals surface area (Å²) in [4.78, 5) is 1.86.